The van der Waals surface area contributed by atoms with E-state index >= 15 is 0 Å². The summed E-state index contributed by atoms with van der Waals surface area (Å²) >= 11 is 1.10. The minimum absolute atomic E-state index is 0.0476. The number of hydrogen-bond donors (Lipinski definition) is 2. The van der Waals surface area contributed by atoms with Gasteiger partial charge < -0.3 is 5.32 Å². The van der Waals surface area contributed by atoms with Gasteiger partial charge in [-0.2, -0.15) is 0 Å². The van der Waals surface area contributed by atoms with E-state index in [2.05, 4.69) is 10.0 Å². The summed E-state index contributed by atoms with van der Waals surface area (Å²) in [6.45, 7) is 0.103. The average Bonchev–Trinajstić information content (AvgIpc) is 3.03. The largest absolute Gasteiger partial charge is 0.326 e. The number of anilines is 1. The van der Waals surface area contributed by atoms with Crippen molar-refractivity contribution in [3.8, 4) is 0 Å². The smallest absolute Gasteiger partial charge is 0.250 e. The van der Waals surface area contributed by atoms with Crippen LogP contribution in [-0.4, -0.2) is 20.9 Å². The molecule has 0 aliphatic rings. The van der Waals surface area contributed by atoms with Gasteiger partial charge in [0.15, 0.2) is 11.6 Å². The van der Waals surface area contributed by atoms with Gasteiger partial charge in [-0.3, -0.25) is 4.79 Å². The van der Waals surface area contributed by atoms with Gasteiger partial charge in [0.25, 0.3) is 0 Å². The topological polar surface area (TPSA) is 75.3 Å². The number of benzene rings is 1. The van der Waals surface area contributed by atoms with Gasteiger partial charge in [-0.05, 0) is 30.0 Å². The van der Waals surface area contributed by atoms with E-state index < -0.39 is 27.6 Å². The minimum atomic E-state index is -3.54. The standard InChI is InChI=1S/C14H14F2N2O3S2/c15-11-6-5-10(9-12(11)16)18-13(19)3-1-7-17-23(20,21)14-4-2-8-22-14/h2,4-6,8-9,17H,1,3,7H2,(H,18,19). The maximum Gasteiger partial charge on any atom is 0.250 e. The number of halogens is 2. The predicted octanol–water partition coefficient (Wildman–Crippen LogP) is 2.72. The van der Waals surface area contributed by atoms with Gasteiger partial charge in [-0.15, -0.1) is 11.3 Å². The van der Waals surface area contributed by atoms with E-state index in [0.717, 1.165) is 23.5 Å². The fourth-order valence-corrected chi connectivity index (χ4v) is 3.85. The van der Waals surface area contributed by atoms with Crippen molar-refractivity contribution in [1.29, 1.82) is 0 Å². The maximum absolute atomic E-state index is 13.0. The van der Waals surface area contributed by atoms with Crippen molar-refractivity contribution in [3.63, 3.8) is 0 Å². The molecule has 0 radical (unpaired) electrons. The summed E-state index contributed by atoms with van der Waals surface area (Å²) in [5.41, 5.74) is 0.146. The molecule has 0 saturated heterocycles. The van der Waals surface area contributed by atoms with Gasteiger partial charge in [-0.25, -0.2) is 21.9 Å². The van der Waals surface area contributed by atoms with Crippen LogP contribution in [0.2, 0.25) is 0 Å². The third kappa shape index (κ3) is 5.08. The normalized spacial score (nSPS) is 11.4. The molecule has 1 aromatic carbocycles. The molecule has 124 valence electrons. The number of hydrogen-bond acceptors (Lipinski definition) is 4. The first-order valence-corrected chi connectivity index (χ1v) is 9.03. The summed E-state index contributed by atoms with van der Waals surface area (Å²) in [5.74, 6) is -2.45. The molecule has 1 aromatic heterocycles. The first kappa shape index (κ1) is 17.5. The van der Waals surface area contributed by atoms with E-state index in [1.54, 1.807) is 11.4 Å². The molecule has 2 aromatic rings. The quantitative estimate of drug-likeness (QED) is 0.746. The molecule has 0 bridgehead atoms. The molecule has 2 rings (SSSR count). The molecule has 1 heterocycles. The summed E-state index contributed by atoms with van der Waals surface area (Å²) in [6.07, 6.45) is 0.325. The molecule has 0 atom stereocenters. The SMILES string of the molecule is O=C(CCCNS(=O)(=O)c1cccs1)Nc1ccc(F)c(F)c1. The third-order valence-corrected chi connectivity index (χ3v) is 5.69. The van der Waals surface area contributed by atoms with Crippen molar-refractivity contribution >= 4 is 33.0 Å². The van der Waals surface area contributed by atoms with Crippen LogP contribution in [0.5, 0.6) is 0 Å². The van der Waals surface area contributed by atoms with Crippen molar-refractivity contribution in [3.05, 3.63) is 47.3 Å². The molecule has 23 heavy (non-hydrogen) atoms. The molecule has 1 amide bonds. The van der Waals surface area contributed by atoms with Crippen LogP contribution in [0.1, 0.15) is 12.8 Å². The van der Waals surface area contributed by atoms with Crippen molar-refractivity contribution in [2.24, 2.45) is 0 Å². The minimum Gasteiger partial charge on any atom is -0.326 e. The predicted molar refractivity (Wildman–Crippen MR) is 83.7 cm³/mol. The van der Waals surface area contributed by atoms with Crippen LogP contribution in [-0.2, 0) is 14.8 Å². The maximum atomic E-state index is 13.0. The molecule has 0 aliphatic heterocycles. The van der Waals surface area contributed by atoms with Crippen molar-refractivity contribution in [2.75, 3.05) is 11.9 Å². The lowest BCUT2D eigenvalue weighted by molar-refractivity contribution is -0.116. The average molecular weight is 360 g/mol. The Labute approximate surface area is 136 Å². The van der Waals surface area contributed by atoms with Crippen LogP contribution in [0.25, 0.3) is 0 Å². The number of thiophene rings is 1. The molecule has 9 heteroatoms. The lowest BCUT2D eigenvalue weighted by Gasteiger charge is -2.07. The second-order valence-corrected chi connectivity index (χ2v) is 7.55. The van der Waals surface area contributed by atoms with Gasteiger partial charge in [-0.1, -0.05) is 6.07 Å². The Morgan fingerprint density at radius 1 is 1.17 bits per heavy atom. The van der Waals surface area contributed by atoms with E-state index in [9.17, 15) is 22.0 Å². The first-order chi connectivity index (χ1) is 10.9. The van der Waals surface area contributed by atoms with E-state index in [4.69, 9.17) is 0 Å². The Morgan fingerprint density at radius 2 is 1.96 bits per heavy atom. The highest BCUT2D eigenvalue weighted by molar-refractivity contribution is 7.91. The Balaban J connectivity index is 1.76. The summed E-state index contributed by atoms with van der Waals surface area (Å²) in [6, 6.07) is 6.17. The monoisotopic (exact) mass is 360 g/mol. The fourth-order valence-electron chi connectivity index (χ4n) is 1.74. The van der Waals surface area contributed by atoms with Crippen LogP contribution in [0.4, 0.5) is 14.5 Å². The van der Waals surface area contributed by atoms with Gasteiger partial charge in [0.2, 0.25) is 15.9 Å². The molecule has 0 unspecified atom stereocenters. The van der Waals surface area contributed by atoms with Gasteiger partial charge in [0.1, 0.15) is 4.21 Å². The first-order valence-electron chi connectivity index (χ1n) is 6.66. The number of carbonyl (C=O) groups excluding carboxylic acids is 1. The number of carbonyl (C=O) groups is 1. The number of rotatable bonds is 7. The molecule has 2 N–H and O–H groups in total. The molecule has 0 spiro atoms. The van der Waals surface area contributed by atoms with Crippen LogP contribution in [0, 0.1) is 11.6 Å². The van der Waals surface area contributed by atoms with Crippen LogP contribution >= 0.6 is 11.3 Å². The van der Waals surface area contributed by atoms with Gasteiger partial charge >= 0.3 is 0 Å². The van der Waals surface area contributed by atoms with Crippen LogP contribution < -0.4 is 10.0 Å². The summed E-state index contributed by atoms with van der Waals surface area (Å²) in [7, 11) is -3.54. The molecule has 5 nitrogen and oxygen atoms in total. The highest BCUT2D eigenvalue weighted by Crippen LogP contribution is 2.15. The lowest BCUT2D eigenvalue weighted by atomic mass is 10.2. The Kier molecular flexibility index (Phi) is 5.80. The second kappa shape index (κ2) is 7.62. The highest BCUT2D eigenvalue weighted by atomic mass is 32.2. The molecule has 0 aliphatic carbocycles. The van der Waals surface area contributed by atoms with E-state index in [0.29, 0.717) is 0 Å². The Bertz CT molecular complexity index is 777. The van der Waals surface area contributed by atoms with E-state index in [-0.39, 0.29) is 29.3 Å². The highest BCUT2D eigenvalue weighted by Gasteiger charge is 2.14. The fraction of sp³-hybridized carbons (Fsp3) is 0.214. The van der Waals surface area contributed by atoms with E-state index in [1.165, 1.54) is 12.1 Å². The molecular formula is C14H14F2N2O3S2. The Morgan fingerprint density at radius 3 is 2.61 bits per heavy atom. The third-order valence-electron chi connectivity index (χ3n) is 2.84. The summed E-state index contributed by atoms with van der Waals surface area (Å²) in [4.78, 5) is 11.7. The molecular weight excluding hydrogens is 346 g/mol. The van der Waals surface area contributed by atoms with E-state index in [1.807, 2.05) is 0 Å². The summed E-state index contributed by atoms with van der Waals surface area (Å²) < 4.78 is 52.0. The van der Waals surface area contributed by atoms with Gasteiger partial charge in [0.05, 0.1) is 0 Å². The zero-order valence-electron chi connectivity index (χ0n) is 11.9. The summed E-state index contributed by atoms with van der Waals surface area (Å²) in [5, 5.41) is 4.07. The molecule has 0 fully saturated rings. The zero-order chi connectivity index (χ0) is 16.9. The zero-order valence-corrected chi connectivity index (χ0v) is 13.5. The lowest BCUT2D eigenvalue weighted by Crippen LogP contribution is -2.25. The Hall–Kier alpha value is -1.84. The van der Waals surface area contributed by atoms with Crippen molar-refractivity contribution in [2.45, 2.75) is 17.1 Å². The second-order valence-electron chi connectivity index (χ2n) is 4.61. The van der Waals surface area contributed by atoms with Gasteiger partial charge in [0, 0.05) is 24.7 Å². The van der Waals surface area contributed by atoms with Crippen molar-refractivity contribution in [1.82, 2.24) is 4.72 Å². The molecule has 0 saturated carbocycles. The van der Waals surface area contributed by atoms with Crippen LogP contribution in [0.3, 0.4) is 0 Å². The van der Waals surface area contributed by atoms with Crippen LogP contribution in [0.15, 0.2) is 39.9 Å². The number of nitrogens with one attached hydrogen (secondary N) is 2. The van der Waals surface area contributed by atoms with Crippen molar-refractivity contribution < 1.29 is 22.0 Å². The number of amides is 1. The number of sulfonamides is 1.